The predicted octanol–water partition coefficient (Wildman–Crippen LogP) is 6.69. The lowest BCUT2D eigenvalue weighted by molar-refractivity contribution is 0.00436. The van der Waals surface area contributed by atoms with Crippen LogP contribution >= 0.6 is 8.53 Å². The van der Waals surface area contributed by atoms with Gasteiger partial charge in [-0.1, -0.05) is 54.6 Å². The van der Waals surface area contributed by atoms with E-state index < -0.39 is 20.2 Å². The van der Waals surface area contributed by atoms with Crippen molar-refractivity contribution in [1.82, 2.24) is 9.57 Å². The molecule has 1 atom stereocenters. The van der Waals surface area contributed by atoms with Crippen LogP contribution in [-0.4, -0.2) is 74.8 Å². The molecule has 0 spiro atoms. The number of nitriles is 1. The fourth-order valence-electron chi connectivity index (χ4n) is 5.26. The number of ether oxygens (including phenoxy) is 3. The number of hydrogen-bond donors (Lipinski definition) is 1. The van der Waals surface area contributed by atoms with Crippen LogP contribution in [0.5, 0.6) is 11.5 Å². The molecule has 0 aliphatic carbocycles. The van der Waals surface area contributed by atoms with Crippen molar-refractivity contribution in [1.29, 1.82) is 5.26 Å². The SMILES string of the molecule is COc1ccc(C(OCCN(CCOP(OCCC#N)N(C(C)C)C(C)C)C(N)=O)(c2ccccc2)c2ccc(OC)cc2)cc1. The van der Waals surface area contributed by atoms with E-state index in [0.717, 1.165) is 28.2 Å². The van der Waals surface area contributed by atoms with E-state index in [1.165, 1.54) is 4.90 Å². The van der Waals surface area contributed by atoms with E-state index in [9.17, 15) is 4.79 Å². The Hall–Kier alpha value is -3.71. The molecule has 0 aliphatic heterocycles. The number of nitrogens with zero attached hydrogens (tertiary/aromatic N) is 3. The third kappa shape index (κ3) is 9.65. The molecule has 0 fully saturated rings. The highest BCUT2D eigenvalue weighted by Gasteiger charge is 2.38. The first kappa shape index (κ1) is 36.8. The number of carbonyl (C=O) groups excluding carboxylic acids is 1. The molecule has 0 saturated heterocycles. The van der Waals surface area contributed by atoms with Crippen molar-refractivity contribution in [2.24, 2.45) is 5.73 Å². The van der Waals surface area contributed by atoms with E-state index in [1.807, 2.05) is 78.9 Å². The molecule has 0 aromatic heterocycles. The maximum atomic E-state index is 12.6. The van der Waals surface area contributed by atoms with Crippen LogP contribution in [-0.2, 0) is 19.4 Å². The summed E-state index contributed by atoms with van der Waals surface area (Å²) < 4.78 is 32.1. The topological polar surface area (TPSA) is 120 Å². The van der Waals surface area contributed by atoms with Crippen LogP contribution in [0.2, 0.25) is 0 Å². The molecule has 2 N–H and O–H groups in total. The molecule has 3 rings (SSSR count). The maximum absolute atomic E-state index is 12.6. The summed E-state index contributed by atoms with van der Waals surface area (Å²) in [6.45, 7) is 9.41. The van der Waals surface area contributed by atoms with Crippen LogP contribution in [0.4, 0.5) is 4.79 Å². The first-order valence-corrected chi connectivity index (χ1v) is 16.5. The van der Waals surface area contributed by atoms with Gasteiger partial charge in [-0.3, -0.25) is 0 Å². The Labute approximate surface area is 274 Å². The van der Waals surface area contributed by atoms with Crippen molar-refractivity contribution in [3.05, 3.63) is 95.6 Å². The van der Waals surface area contributed by atoms with Crippen LogP contribution in [0.15, 0.2) is 78.9 Å². The van der Waals surface area contributed by atoms with Gasteiger partial charge < -0.3 is 33.9 Å². The number of hydrogen-bond acceptors (Lipinski definition) is 8. The number of methoxy groups -OCH3 is 2. The highest BCUT2D eigenvalue weighted by atomic mass is 31.2. The highest BCUT2D eigenvalue weighted by molar-refractivity contribution is 7.44. The van der Waals surface area contributed by atoms with Crippen molar-refractivity contribution in [2.45, 2.75) is 51.8 Å². The lowest BCUT2D eigenvalue weighted by atomic mass is 9.80. The lowest BCUT2D eigenvalue weighted by Gasteiger charge is -2.37. The molecule has 3 aromatic rings. The number of primary amides is 1. The molecule has 0 saturated carbocycles. The number of rotatable bonds is 19. The molecule has 10 nitrogen and oxygen atoms in total. The Kier molecular flexibility index (Phi) is 14.7. The first-order valence-electron chi connectivity index (χ1n) is 15.4. The molecule has 0 heterocycles. The summed E-state index contributed by atoms with van der Waals surface area (Å²) >= 11 is 0. The van der Waals surface area contributed by atoms with Crippen LogP contribution in [0, 0.1) is 11.3 Å². The van der Waals surface area contributed by atoms with Gasteiger partial charge in [-0.15, -0.1) is 0 Å². The van der Waals surface area contributed by atoms with Crippen molar-refractivity contribution in [3.63, 3.8) is 0 Å². The van der Waals surface area contributed by atoms with Gasteiger partial charge in [0.2, 0.25) is 0 Å². The zero-order chi connectivity index (χ0) is 33.5. The highest BCUT2D eigenvalue weighted by Crippen LogP contribution is 2.46. The first-order chi connectivity index (χ1) is 22.2. The van der Waals surface area contributed by atoms with Crippen LogP contribution < -0.4 is 15.2 Å². The number of benzene rings is 3. The average Bonchev–Trinajstić information content (AvgIpc) is 3.06. The van der Waals surface area contributed by atoms with Gasteiger partial charge in [0.15, 0.2) is 0 Å². The molecule has 0 aliphatic rings. The maximum Gasteiger partial charge on any atom is 0.314 e. The molecule has 46 heavy (non-hydrogen) atoms. The number of nitrogens with two attached hydrogens (primary N) is 1. The summed E-state index contributed by atoms with van der Waals surface area (Å²) in [6, 6.07) is 27.4. The van der Waals surface area contributed by atoms with Gasteiger partial charge in [-0.25, -0.2) is 9.46 Å². The van der Waals surface area contributed by atoms with E-state index in [0.29, 0.717) is 0 Å². The summed E-state index contributed by atoms with van der Waals surface area (Å²) in [4.78, 5) is 14.1. The van der Waals surface area contributed by atoms with Crippen molar-refractivity contribution in [3.8, 4) is 17.6 Å². The summed E-state index contributed by atoms with van der Waals surface area (Å²) in [6.07, 6.45) is 0.266. The van der Waals surface area contributed by atoms with Crippen molar-refractivity contribution < 1.29 is 28.1 Å². The average molecular weight is 651 g/mol. The summed E-state index contributed by atoms with van der Waals surface area (Å²) in [5, 5.41) is 8.99. The smallest absolute Gasteiger partial charge is 0.314 e. The second-order valence-corrected chi connectivity index (χ2v) is 12.5. The molecule has 11 heteroatoms. The van der Waals surface area contributed by atoms with Gasteiger partial charge in [0.05, 0.1) is 46.5 Å². The minimum atomic E-state index is -1.44. The van der Waals surface area contributed by atoms with Gasteiger partial charge in [0, 0.05) is 25.2 Å². The minimum absolute atomic E-state index is 0.163. The van der Waals surface area contributed by atoms with Gasteiger partial charge in [-0.05, 0) is 68.7 Å². The van der Waals surface area contributed by atoms with E-state index in [4.69, 9.17) is 34.3 Å². The van der Waals surface area contributed by atoms with Crippen molar-refractivity contribution >= 4 is 14.6 Å². The Bertz CT molecular complexity index is 1310. The largest absolute Gasteiger partial charge is 0.497 e. The molecular formula is C35H47N4O6P. The van der Waals surface area contributed by atoms with Crippen LogP contribution in [0.1, 0.15) is 50.8 Å². The van der Waals surface area contributed by atoms with E-state index in [1.54, 1.807) is 14.2 Å². The molecule has 2 amide bonds. The third-order valence-electron chi connectivity index (χ3n) is 7.39. The fraction of sp³-hybridized carbons (Fsp3) is 0.429. The molecule has 3 aromatic carbocycles. The van der Waals surface area contributed by atoms with Gasteiger partial charge >= 0.3 is 6.03 Å². The molecule has 248 valence electrons. The molecule has 0 radical (unpaired) electrons. The van der Waals surface area contributed by atoms with Gasteiger partial charge in [-0.2, -0.15) is 5.26 Å². The number of carbonyl (C=O) groups is 1. The lowest BCUT2D eigenvalue weighted by Crippen LogP contribution is -2.42. The van der Waals surface area contributed by atoms with Crippen LogP contribution in [0.3, 0.4) is 0 Å². The van der Waals surface area contributed by atoms with E-state index >= 15 is 0 Å². The molecular weight excluding hydrogens is 603 g/mol. The van der Waals surface area contributed by atoms with E-state index in [-0.39, 0.29) is 51.4 Å². The standard InChI is InChI=1S/C35H47N4O6P/c1-27(2)39(28(3)4)46(44-24-10-21-36)45-26-23-38(34(37)40)22-25-43-35(29-11-8-7-9-12-29,30-13-17-32(41-5)18-14-30)31-15-19-33(42-6)20-16-31/h7-9,11-20,27-28H,10,22-26H2,1-6H3,(H2,37,40). The number of urea groups is 1. The normalized spacial score (nSPS) is 12.3. The summed E-state index contributed by atoms with van der Waals surface area (Å²) in [5.74, 6) is 1.45. The second-order valence-electron chi connectivity index (χ2n) is 11.1. The Morgan fingerprint density at radius 3 is 1.72 bits per heavy atom. The Morgan fingerprint density at radius 1 is 0.783 bits per heavy atom. The van der Waals surface area contributed by atoms with Gasteiger partial charge in [0.25, 0.3) is 8.53 Å². The predicted molar refractivity (Wildman–Crippen MR) is 181 cm³/mol. The Balaban J connectivity index is 1.86. The number of amides is 2. The van der Waals surface area contributed by atoms with E-state index in [2.05, 4.69) is 38.4 Å². The minimum Gasteiger partial charge on any atom is -0.497 e. The zero-order valence-electron chi connectivity index (χ0n) is 27.7. The molecule has 0 bridgehead atoms. The van der Waals surface area contributed by atoms with Gasteiger partial charge in [0.1, 0.15) is 17.1 Å². The monoisotopic (exact) mass is 650 g/mol. The summed E-state index contributed by atoms with van der Waals surface area (Å²) in [7, 11) is 1.82. The second kappa shape index (κ2) is 18.4. The summed E-state index contributed by atoms with van der Waals surface area (Å²) in [5.41, 5.74) is 7.51. The molecule has 1 unspecified atom stereocenters. The fourth-order valence-corrected chi connectivity index (χ4v) is 6.84. The zero-order valence-corrected chi connectivity index (χ0v) is 28.6. The van der Waals surface area contributed by atoms with Crippen LogP contribution in [0.25, 0.3) is 0 Å². The van der Waals surface area contributed by atoms with Crippen molar-refractivity contribution in [2.75, 3.05) is 47.1 Å². The third-order valence-corrected chi connectivity index (χ3v) is 9.50. The quantitative estimate of drug-likeness (QED) is 0.0867. The Morgan fingerprint density at radius 2 is 1.26 bits per heavy atom.